The number of nitrogens with two attached hydrogens (primary N) is 4. The van der Waals surface area contributed by atoms with E-state index in [2.05, 4.69) is 31.3 Å². The molecule has 0 radical (unpaired) electrons. The highest BCUT2D eigenvalue weighted by atomic mass is 16.5. The molecule has 2 rings (SSSR count). The van der Waals surface area contributed by atoms with Crippen LogP contribution >= 0.6 is 0 Å². The molecule has 49 heavy (non-hydrogen) atoms. The van der Waals surface area contributed by atoms with Crippen molar-refractivity contribution in [1.29, 1.82) is 0 Å². The summed E-state index contributed by atoms with van der Waals surface area (Å²) in [7, 11) is 0. The maximum Gasteiger partial charge on any atom is 0.408 e. The molecule has 2 aromatic carbocycles. The Morgan fingerprint density at radius 3 is 1.90 bits per heavy atom. The summed E-state index contributed by atoms with van der Waals surface area (Å²) in [4.78, 5) is 72.0. The van der Waals surface area contributed by atoms with Gasteiger partial charge in [0.1, 0.15) is 24.4 Å². The number of phenols is 1. The molecule has 17 heteroatoms. The van der Waals surface area contributed by atoms with Gasteiger partial charge in [-0.05, 0) is 55.9 Å². The number of aliphatic imine (C=N–C) groups is 2. The van der Waals surface area contributed by atoms with E-state index in [1.165, 1.54) is 19.1 Å². The largest absolute Gasteiger partial charge is 0.508 e. The van der Waals surface area contributed by atoms with Crippen molar-refractivity contribution in [2.75, 3.05) is 19.6 Å². The molecule has 0 aromatic heterocycles. The van der Waals surface area contributed by atoms with Gasteiger partial charge in [0.2, 0.25) is 17.7 Å². The Kier molecular flexibility index (Phi) is 16.9. The summed E-state index contributed by atoms with van der Waals surface area (Å²) in [5.41, 5.74) is 22.8. The zero-order chi connectivity index (χ0) is 36.2. The zero-order valence-corrected chi connectivity index (χ0v) is 27.4. The summed E-state index contributed by atoms with van der Waals surface area (Å²) >= 11 is 0. The molecule has 0 saturated heterocycles. The average molecular weight is 683 g/mol. The van der Waals surface area contributed by atoms with Gasteiger partial charge in [-0.2, -0.15) is 0 Å². The van der Waals surface area contributed by atoms with Crippen molar-refractivity contribution in [2.45, 2.75) is 63.8 Å². The van der Waals surface area contributed by atoms with E-state index >= 15 is 0 Å². The van der Waals surface area contributed by atoms with Crippen LogP contribution in [0.3, 0.4) is 0 Å². The fourth-order valence-electron chi connectivity index (χ4n) is 4.45. The number of benzene rings is 2. The Bertz CT molecular complexity index is 1440. The van der Waals surface area contributed by atoms with E-state index in [-0.39, 0.29) is 62.4 Å². The molecule has 0 aliphatic rings. The van der Waals surface area contributed by atoms with Gasteiger partial charge in [-0.25, -0.2) is 4.79 Å². The molecular formula is C32H46N10O7. The van der Waals surface area contributed by atoms with Gasteiger partial charge in [-0.15, -0.1) is 0 Å². The summed E-state index contributed by atoms with van der Waals surface area (Å²) in [5.74, 6) is -2.56. The summed E-state index contributed by atoms with van der Waals surface area (Å²) < 4.78 is 5.23. The quantitative estimate of drug-likeness (QED) is 0.0464. The highest BCUT2D eigenvalue weighted by Crippen LogP contribution is 2.12. The summed E-state index contributed by atoms with van der Waals surface area (Å²) in [6, 6.07) is 11.8. The van der Waals surface area contributed by atoms with Crippen molar-refractivity contribution in [3.63, 3.8) is 0 Å². The number of rotatable bonds is 20. The lowest BCUT2D eigenvalue weighted by Crippen LogP contribution is -2.54. The topological polar surface area (TPSA) is 292 Å². The third-order valence-electron chi connectivity index (χ3n) is 6.97. The van der Waals surface area contributed by atoms with E-state index in [1.54, 1.807) is 36.4 Å². The molecule has 266 valence electrons. The molecule has 0 fully saturated rings. The molecule has 0 aliphatic heterocycles. The first-order valence-corrected chi connectivity index (χ1v) is 15.6. The van der Waals surface area contributed by atoms with Crippen LogP contribution in [0, 0.1) is 0 Å². The summed E-state index contributed by atoms with van der Waals surface area (Å²) in [6.07, 6.45) is 0.251. The lowest BCUT2D eigenvalue weighted by molar-refractivity contribution is -0.131. The van der Waals surface area contributed by atoms with Gasteiger partial charge in [-0.3, -0.25) is 29.2 Å². The highest BCUT2D eigenvalue weighted by molar-refractivity contribution is 5.94. The molecule has 17 nitrogen and oxygen atoms in total. The molecule has 0 spiro atoms. The third-order valence-corrected chi connectivity index (χ3v) is 6.97. The number of hydrogen-bond acceptors (Lipinski definition) is 9. The normalized spacial score (nSPS) is 12.3. The molecule has 2 aromatic rings. The Morgan fingerprint density at radius 1 is 0.735 bits per heavy atom. The molecule has 0 heterocycles. The fourth-order valence-corrected chi connectivity index (χ4v) is 4.45. The van der Waals surface area contributed by atoms with E-state index in [1.807, 2.05) is 6.07 Å². The number of ether oxygens (including phenoxy) is 1. The van der Waals surface area contributed by atoms with Crippen molar-refractivity contribution in [2.24, 2.45) is 32.9 Å². The van der Waals surface area contributed by atoms with Crippen molar-refractivity contribution >= 4 is 41.5 Å². The first-order chi connectivity index (χ1) is 23.3. The second kappa shape index (κ2) is 21.1. The summed E-state index contributed by atoms with van der Waals surface area (Å²) in [5, 5.41) is 19.9. The predicted octanol–water partition coefficient (Wildman–Crippen LogP) is -0.988. The second-order valence-electron chi connectivity index (χ2n) is 11.0. The average Bonchev–Trinajstić information content (AvgIpc) is 3.06. The minimum atomic E-state index is -1.16. The van der Waals surface area contributed by atoms with Crippen LogP contribution in [0.15, 0.2) is 64.6 Å². The molecule has 0 saturated carbocycles. The lowest BCUT2D eigenvalue weighted by Gasteiger charge is -2.23. The number of ketones is 1. The van der Waals surface area contributed by atoms with Crippen LogP contribution < -0.4 is 44.2 Å². The molecule has 0 unspecified atom stereocenters. The van der Waals surface area contributed by atoms with Crippen molar-refractivity contribution in [3.05, 3.63) is 65.7 Å². The van der Waals surface area contributed by atoms with Crippen LogP contribution in [0.1, 0.15) is 43.7 Å². The maximum absolute atomic E-state index is 13.4. The first-order valence-electron chi connectivity index (χ1n) is 15.6. The number of carbonyl (C=O) groups is 5. The van der Waals surface area contributed by atoms with Gasteiger partial charge >= 0.3 is 6.09 Å². The van der Waals surface area contributed by atoms with E-state index in [9.17, 15) is 29.1 Å². The molecular weight excluding hydrogens is 636 g/mol. The van der Waals surface area contributed by atoms with Crippen molar-refractivity contribution in [1.82, 2.24) is 21.3 Å². The molecule has 3 atom stereocenters. The number of nitrogens with one attached hydrogen (secondary N) is 4. The highest BCUT2D eigenvalue weighted by Gasteiger charge is 2.27. The summed E-state index contributed by atoms with van der Waals surface area (Å²) in [6.45, 7) is 1.20. The number of aromatic hydroxyl groups is 1. The Hall–Kier alpha value is -5.87. The number of alkyl carbamates (subject to hydrolysis) is 1. The third kappa shape index (κ3) is 16.5. The van der Waals surface area contributed by atoms with Crippen LogP contribution in [0.4, 0.5) is 4.79 Å². The number of amides is 4. The standard InChI is InChI=1S/C32H46N10O7/c1-20(43)24(9-5-15-37-30(33)34)41-29(47)26(17-21-11-13-23(44)14-12-21)40-27(45)18-39-28(46)25(10-6-16-38-31(35)36)42-32(48)49-19-22-7-3-2-4-8-22/h2-4,7-8,11-14,24-26,44H,5-6,9-10,15-19H2,1H3,(H,39,46)(H,40,45)(H,41,47)(H,42,48)(H4,33,34,37)(H4,35,36,38)/t24-,25-,26-/m0/s1. The lowest BCUT2D eigenvalue weighted by atomic mass is 10.0. The van der Waals surface area contributed by atoms with Gasteiger partial charge in [0.25, 0.3) is 0 Å². The molecule has 4 amide bonds. The predicted molar refractivity (Wildman–Crippen MR) is 183 cm³/mol. The molecule has 13 N–H and O–H groups in total. The van der Waals surface area contributed by atoms with Gasteiger partial charge in [0, 0.05) is 19.5 Å². The van der Waals surface area contributed by atoms with Gasteiger partial charge in [0.05, 0.1) is 12.6 Å². The van der Waals surface area contributed by atoms with Crippen LogP contribution in [-0.4, -0.2) is 84.4 Å². The van der Waals surface area contributed by atoms with E-state index in [4.69, 9.17) is 27.7 Å². The molecule has 0 aliphatic carbocycles. The second-order valence-corrected chi connectivity index (χ2v) is 11.0. The van der Waals surface area contributed by atoms with Crippen LogP contribution in [0.5, 0.6) is 5.75 Å². The fraction of sp³-hybridized carbons (Fsp3) is 0.406. The number of phenolic OH excluding ortho intramolecular Hbond substituents is 1. The number of nitrogens with zero attached hydrogens (tertiary/aromatic N) is 2. The minimum absolute atomic E-state index is 0.00660. The van der Waals surface area contributed by atoms with E-state index < -0.39 is 48.5 Å². The van der Waals surface area contributed by atoms with Gasteiger partial charge < -0.3 is 54.0 Å². The number of hydrogen-bond donors (Lipinski definition) is 9. The Balaban J connectivity index is 2.08. The number of Topliss-reactive ketones (excluding diaryl/α,β-unsaturated/α-hetero) is 1. The molecule has 0 bridgehead atoms. The minimum Gasteiger partial charge on any atom is -0.508 e. The first kappa shape index (κ1) is 39.3. The number of carbonyl (C=O) groups excluding carboxylic acids is 5. The van der Waals surface area contributed by atoms with Crippen LogP contribution in [0.2, 0.25) is 0 Å². The van der Waals surface area contributed by atoms with Gasteiger partial charge in [0.15, 0.2) is 17.7 Å². The van der Waals surface area contributed by atoms with E-state index in [0.29, 0.717) is 18.4 Å². The number of guanidine groups is 2. The van der Waals surface area contributed by atoms with Crippen LogP contribution in [0.25, 0.3) is 0 Å². The smallest absolute Gasteiger partial charge is 0.408 e. The van der Waals surface area contributed by atoms with Gasteiger partial charge in [-0.1, -0.05) is 42.5 Å². The van der Waals surface area contributed by atoms with Crippen molar-refractivity contribution in [3.8, 4) is 5.75 Å². The maximum atomic E-state index is 13.4. The Labute approximate surface area is 284 Å². The van der Waals surface area contributed by atoms with Crippen LogP contribution in [-0.2, 0) is 36.9 Å². The van der Waals surface area contributed by atoms with E-state index in [0.717, 1.165) is 5.56 Å². The van der Waals surface area contributed by atoms with Crippen molar-refractivity contribution < 1.29 is 33.8 Å². The zero-order valence-electron chi connectivity index (χ0n) is 27.4. The monoisotopic (exact) mass is 682 g/mol. The Morgan fingerprint density at radius 2 is 1.33 bits per heavy atom. The SMILES string of the molecule is CC(=O)[C@H](CCCN=C(N)N)NC(=O)[C@H](Cc1ccc(O)cc1)NC(=O)CNC(=O)[C@H](CCCN=C(N)N)NC(=O)OCc1ccccc1.